The highest BCUT2D eigenvalue weighted by Gasteiger charge is 2.34. The minimum atomic E-state index is -0.844. The number of ether oxygens (including phenoxy) is 2. The van der Waals surface area contributed by atoms with Crippen LogP contribution in [0.25, 0.3) is 0 Å². The van der Waals surface area contributed by atoms with E-state index in [0.29, 0.717) is 12.8 Å². The van der Waals surface area contributed by atoms with Crippen molar-refractivity contribution in [3.8, 4) is 6.07 Å². The summed E-state index contributed by atoms with van der Waals surface area (Å²) in [5, 5.41) is 8.60. The standard InChI is InChI=1S/C11H15NO4/c1-11(2,3)10(14)16-8-5-4-7(6-12)9(13)15-8/h7-8H,4-5H2,1-3H3. The molecule has 16 heavy (non-hydrogen) atoms. The maximum atomic E-state index is 11.5. The number of rotatable bonds is 1. The van der Waals surface area contributed by atoms with Gasteiger partial charge in [-0.15, -0.1) is 0 Å². The molecule has 1 aliphatic rings. The van der Waals surface area contributed by atoms with E-state index in [9.17, 15) is 9.59 Å². The van der Waals surface area contributed by atoms with Crippen LogP contribution in [0.15, 0.2) is 0 Å². The average Bonchev–Trinajstić information content (AvgIpc) is 2.16. The Morgan fingerprint density at radius 1 is 1.50 bits per heavy atom. The van der Waals surface area contributed by atoms with Gasteiger partial charge in [0.2, 0.25) is 6.29 Å². The van der Waals surface area contributed by atoms with Gasteiger partial charge in [-0.2, -0.15) is 5.26 Å². The molecular formula is C11H15NO4. The molecule has 1 fully saturated rings. The van der Waals surface area contributed by atoms with Crippen molar-refractivity contribution < 1.29 is 19.1 Å². The summed E-state index contributed by atoms with van der Waals surface area (Å²) in [6.45, 7) is 5.16. The van der Waals surface area contributed by atoms with Crippen molar-refractivity contribution in [3.05, 3.63) is 0 Å². The first kappa shape index (κ1) is 12.5. The lowest BCUT2D eigenvalue weighted by Gasteiger charge is -2.27. The average molecular weight is 225 g/mol. The molecule has 1 rings (SSSR count). The molecule has 5 nitrogen and oxygen atoms in total. The third-order valence-corrected chi connectivity index (χ3v) is 2.23. The second-order valence-electron chi connectivity index (χ2n) is 4.78. The monoisotopic (exact) mass is 225 g/mol. The van der Waals surface area contributed by atoms with Gasteiger partial charge in [-0.25, -0.2) is 0 Å². The zero-order valence-corrected chi connectivity index (χ0v) is 9.65. The fraction of sp³-hybridized carbons (Fsp3) is 0.727. The van der Waals surface area contributed by atoms with Crippen molar-refractivity contribution in [2.75, 3.05) is 0 Å². The van der Waals surface area contributed by atoms with Crippen LogP contribution in [0.2, 0.25) is 0 Å². The Morgan fingerprint density at radius 2 is 2.12 bits per heavy atom. The quantitative estimate of drug-likeness (QED) is 0.630. The number of carbonyl (C=O) groups excluding carboxylic acids is 2. The molecule has 0 aromatic rings. The van der Waals surface area contributed by atoms with Gasteiger partial charge in [0.25, 0.3) is 0 Å². The molecule has 1 saturated heterocycles. The zero-order valence-electron chi connectivity index (χ0n) is 9.65. The number of esters is 2. The minimum Gasteiger partial charge on any atom is -0.425 e. The molecule has 5 heteroatoms. The summed E-state index contributed by atoms with van der Waals surface area (Å²) in [7, 11) is 0. The molecule has 0 saturated carbocycles. The van der Waals surface area contributed by atoms with Gasteiger partial charge in [0, 0.05) is 6.42 Å². The molecule has 0 N–H and O–H groups in total. The Kier molecular flexibility index (Phi) is 3.53. The first-order chi connectivity index (χ1) is 7.34. The van der Waals surface area contributed by atoms with Gasteiger partial charge in [0.1, 0.15) is 5.92 Å². The Bertz CT molecular complexity index is 337. The number of nitrogens with zero attached hydrogens (tertiary/aromatic N) is 1. The van der Waals surface area contributed by atoms with Gasteiger partial charge in [-0.3, -0.25) is 9.59 Å². The van der Waals surface area contributed by atoms with Crippen molar-refractivity contribution in [2.45, 2.75) is 39.9 Å². The summed E-state index contributed by atoms with van der Waals surface area (Å²) in [6, 6.07) is 1.84. The van der Waals surface area contributed by atoms with Crippen molar-refractivity contribution in [3.63, 3.8) is 0 Å². The van der Waals surface area contributed by atoms with Gasteiger partial charge in [-0.1, -0.05) is 0 Å². The van der Waals surface area contributed by atoms with Gasteiger partial charge < -0.3 is 9.47 Å². The van der Waals surface area contributed by atoms with E-state index < -0.39 is 29.6 Å². The molecule has 1 aliphatic heterocycles. The van der Waals surface area contributed by atoms with Gasteiger partial charge in [0.05, 0.1) is 11.5 Å². The van der Waals surface area contributed by atoms with Crippen LogP contribution in [-0.2, 0) is 19.1 Å². The molecule has 88 valence electrons. The van der Waals surface area contributed by atoms with E-state index >= 15 is 0 Å². The second-order valence-corrected chi connectivity index (χ2v) is 4.78. The highest BCUT2D eigenvalue weighted by molar-refractivity contribution is 5.77. The maximum absolute atomic E-state index is 11.5. The summed E-state index contributed by atoms with van der Waals surface area (Å²) < 4.78 is 9.88. The Balaban J connectivity index is 2.51. The Morgan fingerprint density at radius 3 is 2.56 bits per heavy atom. The van der Waals surface area contributed by atoms with Crippen LogP contribution in [0.3, 0.4) is 0 Å². The van der Waals surface area contributed by atoms with Crippen LogP contribution in [0, 0.1) is 22.7 Å². The first-order valence-electron chi connectivity index (χ1n) is 5.16. The smallest absolute Gasteiger partial charge is 0.326 e. The maximum Gasteiger partial charge on any atom is 0.326 e. The Labute approximate surface area is 94.3 Å². The third-order valence-electron chi connectivity index (χ3n) is 2.23. The van der Waals surface area contributed by atoms with E-state index in [1.165, 1.54) is 0 Å². The topological polar surface area (TPSA) is 76.4 Å². The number of nitriles is 1. The normalized spacial score (nSPS) is 25.5. The highest BCUT2D eigenvalue weighted by Crippen LogP contribution is 2.23. The lowest BCUT2D eigenvalue weighted by Crippen LogP contribution is -2.36. The van der Waals surface area contributed by atoms with E-state index in [0.717, 1.165) is 0 Å². The second kappa shape index (κ2) is 4.52. The molecule has 0 amide bonds. The number of hydrogen-bond acceptors (Lipinski definition) is 5. The van der Waals surface area contributed by atoms with Crippen molar-refractivity contribution in [1.82, 2.24) is 0 Å². The number of cyclic esters (lactones) is 1. The number of carbonyl (C=O) groups is 2. The molecular weight excluding hydrogens is 210 g/mol. The Hall–Kier alpha value is -1.57. The van der Waals surface area contributed by atoms with Gasteiger partial charge in [0.15, 0.2) is 0 Å². The van der Waals surface area contributed by atoms with Crippen LogP contribution >= 0.6 is 0 Å². The largest absolute Gasteiger partial charge is 0.425 e. The lowest BCUT2D eigenvalue weighted by atomic mass is 9.97. The molecule has 0 bridgehead atoms. The van der Waals surface area contributed by atoms with Crippen molar-refractivity contribution >= 4 is 11.9 Å². The zero-order chi connectivity index (χ0) is 12.3. The van der Waals surface area contributed by atoms with E-state index in [4.69, 9.17) is 14.7 Å². The van der Waals surface area contributed by atoms with E-state index in [2.05, 4.69) is 0 Å². The molecule has 0 aromatic carbocycles. The van der Waals surface area contributed by atoms with Crippen molar-refractivity contribution in [1.29, 1.82) is 5.26 Å². The molecule has 0 aliphatic carbocycles. The van der Waals surface area contributed by atoms with Crippen LogP contribution in [0.4, 0.5) is 0 Å². The predicted molar refractivity (Wildman–Crippen MR) is 53.8 cm³/mol. The summed E-state index contributed by atoms with van der Waals surface area (Å²) in [4.78, 5) is 22.7. The SMILES string of the molecule is CC(C)(C)C(=O)OC1CCC(C#N)C(=O)O1. The summed E-state index contributed by atoms with van der Waals surface area (Å²) in [5.41, 5.74) is -0.627. The molecule has 2 unspecified atom stereocenters. The molecule has 0 radical (unpaired) electrons. The highest BCUT2D eigenvalue weighted by atomic mass is 16.7. The van der Waals surface area contributed by atoms with Gasteiger partial charge in [-0.05, 0) is 27.2 Å². The fourth-order valence-corrected chi connectivity index (χ4v) is 1.19. The molecule has 2 atom stereocenters. The van der Waals surface area contributed by atoms with Crippen molar-refractivity contribution in [2.24, 2.45) is 11.3 Å². The van der Waals surface area contributed by atoms with Crippen LogP contribution in [0.5, 0.6) is 0 Å². The summed E-state index contributed by atoms with van der Waals surface area (Å²) >= 11 is 0. The molecule has 0 spiro atoms. The molecule has 1 heterocycles. The van der Waals surface area contributed by atoms with E-state index in [1.54, 1.807) is 20.8 Å². The number of hydrogen-bond donors (Lipinski definition) is 0. The van der Waals surface area contributed by atoms with Crippen LogP contribution in [-0.4, -0.2) is 18.2 Å². The lowest BCUT2D eigenvalue weighted by molar-refractivity contribution is -0.203. The third kappa shape index (κ3) is 2.96. The predicted octanol–water partition coefficient (Wildman–Crippen LogP) is 1.38. The van der Waals surface area contributed by atoms with E-state index in [1.807, 2.05) is 6.07 Å². The van der Waals surface area contributed by atoms with Crippen LogP contribution in [0.1, 0.15) is 33.6 Å². The summed E-state index contributed by atoms with van der Waals surface area (Å²) in [6.07, 6.45) is -0.0905. The van der Waals surface area contributed by atoms with E-state index in [-0.39, 0.29) is 0 Å². The minimum absolute atomic E-state index is 0.372. The van der Waals surface area contributed by atoms with Gasteiger partial charge >= 0.3 is 11.9 Å². The fourth-order valence-electron chi connectivity index (χ4n) is 1.19. The molecule has 0 aromatic heterocycles. The van der Waals surface area contributed by atoms with Crippen LogP contribution < -0.4 is 0 Å². The summed E-state index contributed by atoms with van der Waals surface area (Å²) in [5.74, 6) is -1.76. The first-order valence-corrected chi connectivity index (χ1v) is 5.16.